The highest BCUT2D eigenvalue weighted by Crippen LogP contribution is 2.29. The van der Waals surface area contributed by atoms with Gasteiger partial charge in [0, 0.05) is 24.9 Å². The molecule has 10 heteroatoms. The number of carbonyl (C=O) groups excluding carboxylic acids is 1. The summed E-state index contributed by atoms with van der Waals surface area (Å²) in [5.74, 6) is -0.266. The van der Waals surface area contributed by atoms with Crippen LogP contribution in [0.4, 0.5) is 13.2 Å². The monoisotopic (exact) mass is 377 g/mol. The van der Waals surface area contributed by atoms with Gasteiger partial charge in [-0.25, -0.2) is 4.79 Å². The maximum Gasteiger partial charge on any atom is 0.390 e. The maximum absolute atomic E-state index is 12.6. The van der Waals surface area contributed by atoms with E-state index < -0.39 is 30.4 Å². The van der Waals surface area contributed by atoms with Crippen LogP contribution in [0.15, 0.2) is 9.59 Å². The van der Waals surface area contributed by atoms with Gasteiger partial charge in [0.25, 0.3) is 5.56 Å². The smallest absolute Gasteiger partial charge is 0.351 e. The van der Waals surface area contributed by atoms with Crippen molar-refractivity contribution in [3.05, 3.63) is 31.3 Å². The van der Waals surface area contributed by atoms with E-state index >= 15 is 0 Å². The molecule has 25 heavy (non-hydrogen) atoms. The van der Waals surface area contributed by atoms with Crippen molar-refractivity contribution in [3.63, 3.8) is 0 Å². The van der Waals surface area contributed by atoms with Crippen LogP contribution in [-0.4, -0.2) is 21.2 Å². The van der Waals surface area contributed by atoms with Gasteiger partial charge in [0.1, 0.15) is 4.83 Å². The first-order chi connectivity index (χ1) is 11.6. The minimum absolute atomic E-state index is 0.0654. The van der Waals surface area contributed by atoms with Crippen molar-refractivity contribution in [1.29, 1.82) is 0 Å². The number of aryl methyl sites for hydroxylation is 2. The third-order valence-electron chi connectivity index (χ3n) is 3.83. The molecule has 0 saturated heterocycles. The molecule has 2 rings (SSSR count). The first-order valence-corrected chi connectivity index (χ1v) is 8.45. The van der Waals surface area contributed by atoms with Crippen molar-refractivity contribution in [1.82, 2.24) is 14.5 Å². The van der Waals surface area contributed by atoms with Gasteiger partial charge in [-0.05, 0) is 19.4 Å². The lowest BCUT2D eigenvalue weighted by Gasteiger charge is -2.12. The molecule has 0 aliphatic heterocycles. The van der Waals surface area contributed by atoms with Crippen LogP contribution >= 0.6 is 11.3 Å². The van der Waals surface area contributed by atoms with Crippen LogP contribution in [0, 0.1) is 6.92 Å². The van der Waals surface area contributed by atoms with Gasteiger partial charge >= 0.3 is 11.9 Å². The lowest BCUT2D eigenvalue weighted by Crippen LogP contribution is -2.39. The molecule has 0 saturated carbocycles. The Labute approximate surface area is 144 Å². The summed E-state index contributed by atoms with van der Waals surface area (Å²) in [5.41, 5.74) is -0.702. The van der Waals surface area contributed by atoms with Gasteiger partial charge in [-0.15, -0.1) is 11.3 Å². The lowest BCUT2D eigenvalue weighted by atomic mass is 10.2. The van der Waals surface area contributed by atoms with Crippen molar-refractivity contribution in [2.24, 2.45) is 0 Å². The predicted molar refractivity (Wildman–Crippen MR) is 88.9 cm³/mol. The van der Waals surface area contributed by atoms with E-state index in [2.05, 4.69) is 5.32 Å². The molecular formula is C15H18F3N3O3S. The Morgan fingerprint density at radius 2 is 1.88 bits per heavy atom. The van der Waals surface area contributed by atoms with E-state index in [4.69, 9.17) is 0 Å². The molecule has 0 fully saturated rings. The normalized spacial score (nSPS) is 11.9. The standard InChI is InChI=1S/C15H18F3N3O3S/c1-4-20-12(23)11-8(2)10(7-19-9(3)22)25-13(11)21(14(20)24)6-5-15(16,17)18/h4-7H2,1-3H3,(H,19,22). The van der Waals surface area contributed by atoms with Crippen LogP contribution in [0.1, 0.15) is 30.7 Å². The number of nitrogens with zero attached hydrogens (tertiary/aromatic N) is 2. The Kier molecular flexibility index (Phi) is 5.40. The average Bonchev–Trinajstić information content (AvgIpc) is 2.81. The summed E-state index contributed by atoms with van der Waals surface area (Å²) >= 11 is 1.06. The first-order valence-electron chi connectivity index (χ1n) is 7.63. The summed E-state index contributed by atoms with van der Waals surface area (Å²) in [6, 6.07) is 0. The Morgan fingerprint density at radius 3 is 2.40 bits per heavy atom. The molecular weight excluding hydrogens is 359 g/mol. The van der Waals surface area contributed by atoms with E-state index in [1.165, 1.54) is 6.92 Å². The fourth-order valence-corrected chi connectivity index (χ4v) is 3.78. The molecule has 0 bridgehead atoms. The number of alkyl halides is 3. The molecule has 138 valence electrons. The zero-order chi connectivity index (χ0) is 18.9. The molecule has 0 unspecified atom stereocenters. The molecule has 2 heterocycles. The van der Waals surface area contributed by atoms with Crippen LogP contribution in [0.3, 0.4) is 0 Å². The van der Waals surface area contributed by atoms with Gasteiger partial charge in [0.05, 0.1) is 18.4 Å². The van der Waals surface area contributed by atoms with Crippen molar-refractivity contribution in [2.75, 3.05) is 0 Å². The summed E-state index contributed by atoms with van der Waals surface area (Å²) in [4.78, 5) is 36.9. The van der Waals surface area contributed by atoms with Gasteiger partial charge in [0.15, 0.2) is 0 Å². The minimum Gasteiger partial charge on any atom is -0.351 e. The molecule has 0 aliphatic carbocycles. The van der Waals surface area contributed by atoms with Gasteiger partial charge in [0.2, 0.25) is 5.91 Å². The largest absolute Gasteiger partial charge is 0.390 e. The minimum atomic E-state index is -4.41. The van der Waals surface area contributed by atoms with E-state index in [-0.39, 0.29) is 29.2 Å². The predicted octanol–water partition coefficient (Wildman–Crippen LogP) is 2.14. The highest BCUT2D eigenvalue weighted by Gasteiger charge is 2.28. The quantitative estimate of drug-likeness (QED) is 0.868. The Morgan fingerprint density at radius 1 is 1.24 bits per heavy atom. The van der Waals surface area contributed by atoms with Gasteiger partial charge in [-0.1, -0.05) is 0 Å². The molecule has 0 atom stereocenters. The first kappa shape index (κ1) is 19.2. The summed E-state index contributed by atoms with van der Waals surface area (Å²) < 4.78 is 39.7. The van der Waals surface area contributed by atoms with Crippen molar-refractivity contribution in [2.45, 2.75) is 53.0 Å². The summed E-state index contributed by atoms with van der Waals surface area (Å²) in [7, 11) is 0. The van der Waals surface area contributed by atoms with E-state index in [0.29, 0.717) is 10.4 Å². The molecule has 0 aliphatic rings. The third kappa shape index (κ3) is 3.94. The second kappa shape index (κ2) is 7.03. The number of halogens is 3. The van der Waals surface area contributed by atoms with E-state index in [9.17, 15) is 27.6 Å². The Hall–Kier alpha value is -2.10. The van der Waals surface area contributed by atoms with Gasteiger partial charge in [-0.2, -0.15) is 13.2 Å². The van der Waals surface area contributed by atoms with E-state index in [0.717, 1.165) is 20.5 Å². The Balaban J connectivity index is 2.69. The second-order valence-electron chi connectivity index (χ2n) is 5.59. The number of hydrogen-bond acceptors (Lipinski definition) is 4. The SMILES string of the molecule is CCn1c(=O)c2c(C)c(CNC(C)=O)sc2n(CCC(F)(F)F)c1=O. The highest BCUT2D eigenvalue weighted by molar-refractivity contribution is 7.18. The van der Waals surface area contributed by atoms with Crippen molar-refractivity contribution < 1.29 is 18.0 Å². The third-order valence-corrected chi connectivity index (χ3v) is 5.14. The van der Waals surface area contributed by atoms with Gasteiger partial charge < -0.3 is 5.32 Å². The number of rotatable bonds is 5. The molecule has 6 nitrogen and oxygen atoms in total. The molecule has 0 spiro atoms. The number of thiophene rings is 1. The number of amides is 1. The molecule has 1 N–H and O–H groups in total. The molecule has 2 aromatic rings. The maximum atomic E-state index is 12.6. The van der Waals surface area contributed by atoms with Crippen LogP contribution < -0.4 is 16.6 Å². The van der Waals surface area contributed by atoms with Crippen molar-refractivity contribution in [3.8, 4) is 0 Å². The Bertz CT molecular complexity index is 924. The van der Waals surface area contributed by atoms with Gasteiger partial charge in [-0.3, -0.25) is 18.7 Å². The second-order valence-corrected chi connectivity index (χ2v) is 6.67. The van der Waals surface area contributed by atoms with Crippen molar-refractivity contribution >= 4 is 27.5 Å². The van der Waals surface area contributed by atoms with Crippen LogP contribution in [0.25, 0.3) is 10.2 Å². The van der Waals surface area contributed by atoms with E-state index in [1.54, 1.807) is 13.8 Å². The number of carbonyl (C=O) groups is 1. The van der Waals surface area contributed by atoms with Crippen LogP contribution in [-0.2, 0) is 24.4 Å². The fraction of sp³-hybridized carbons (Fsp3) is 0.533. The molecule has 0 aromatic carbocycles. The summed E-state index contributed by atoms with van der Waals surface area (Å²) in [6.45, 7) is 4.25. The molecule has 1 amide bonds. The number of aromatic nitrogens is 2. The van der Waals surface area contributed by atoms with Crippen LogP contribution in [0.5, 0.6) is 0 Å². The lowest BCUT2D eigenvalue weighted by molar-refractivity contribution is -0.136. The highest BCUT2D eigenvalue weighted by atomic mass is 32.1. The fourth-order valence-electron chi connectivity index (χ4n) is 2.53. The average molecular weight is 377 g/mol. The zero-order valence-electron chi connectivity index (χ0n) is 14.0. The molecule has 0 radical (unpaired) electrons. The van der Waals surface area contributed by atoms with E-state index in [1.807, 2.05) is 0 Å². The number of fused-ring (bicyclic) bond motifs is 1. The summed E-state index contributed by atoms with van der Waals surface area (Å²) in [5, 5.41) is 2.83. The summed E-state index contributed by atoms with van der Waals surface area (Å²) in [6.07, 6.45) is -5.58. The number of hydrogen-bond donors (Lipinski definition) is 1. The molecule has 2 aromatic heterocycles. The zero-order valence-corrected chi connectivity index (χ0v) is 14.8. The van der Waals surface area contributed by atoms with Crippen LogP contribution in [0.2, 0.25) is 0 Å². The number of nitrogens with one attached hydrogen (secondary N) is 1. The topological polar surface area (TPSA) is 73.1 Å².